The Morgan fingerprint density at radius 1 is 0.957 bits per heavy atom. The van der Waals surface area contributed by atoms with Crippen LogP contribution in [0.25, 0.3) is 0 Å². The summed E-state index contributed by atoms with van der Waals surface area (Å²) in [4.78, 5) is 4.83. The van der Waals surface area contributed by atoms with Crippen molar-refractivity contribution in [1.29, 1.82) is 0 Å². The van der Waals surface area contributed by atoms with E-state index >= 15 is 0 Å². The third-order valence-electron chi connectivity index (χ3n) is 5.43. The Hall–Kier alpha value is -0.0400. The number of guanidine groups is 1. The number of halogens is 1. The predicted octanol–water partition coefficient (Wildman–Crippen LogP) is 3.68. The van der Waals surface area contributed by atoms with Gasteiger partial charge in [0, 0.05) is 19.1 Å². The maximum atomic E-state index is 9.61. The molecule has 0 aromatic carbocycles. The van der Waals surface area contributed by atoms with Gasteiger partial charge in [0.25, 0.3) is 0 Å². The fourth-order valence-electron chi connectivity index (χ4n) is 3.78. The number of aliphatic hydroxyl groups excluding tert-OH is 1. The van der Waals surface area contributed by atoms with E-state index in [4.69, 9.17) is 4.99 Å². The van der Waals surface area contributed by atoms with Crippen LogP contribution in [0.3, 0.4) is 0 Å². The van der Waals surface area contributed by atoms with Gasteiger partial charge < -0.3 is 15.7 Å². The molecule has 2 saturated carbocycles. The SMILES string of the molecule is CCNC(=NCC1CCC(CC)CC1)NC1CCC(O)CC1.I. The Morgan fingerprint density at radius 3 is 2.13 bits per heavy atom. The van der Waals surface area contributed by atoms with Crippen LogP contribution in [0.2, 0.25) is 0 Å². The van der Waals surface area contributed by atoms with Crippen molar-refractivity contribution < 1.29 is 5.11 Å². The molecule has 0 saturated heterocycles. The Kier molecular flexibility index (Phi) is 10.5. The van der Waals surface area contributed by atoms with Gasteiger partial charge in [0.05, 0.1) is 6.10 Å². The van der Waals surface area contributed by atoms with Crippen molar-refractivity contribution in [3.05, 3.63) is 0 Å². The summed E-state index contributed by atoms with van der Waals surface area (Å²) in [6, 6.07) is 0.469. The fourth-order valence-corrected chi connectivity index (χ4v) is 3.78. The summed E-state index contributed by atoms with van der Waals surface area (Å²) < 4.78 is 0. The van der Waals surface area contributed by atoms with E-state index in [-0.39, 0.29) is 30.1 Å². The number of aliphatic hydroxyl groups is 1. The summed E-state index contributed by atoms with van der Waals surface area (Å²) in [5, 5.41) is 16.5. The summed E-state index contributed by atoms with van der Waals surface area (Å²) in [5.74, 6) is 2.70. The van der Waals surface area contributed by atoms with Crippen molar-refractivity contribution in [3.8, 4) is 0 Å². The van der Waals surface area contributed by atoms with Crippen LogP contribution in [0.15, 0.2) is 4.99 Å². The van der Waals surface area contributed by atoms with E-state index in [0.29, 0.717) is 6.04 Å². The lowest BCUT2D eigenvalue weighted by Gasteiger charge is -2.29. The first-order chi connectivity index (χ1) is 10.7. The zero-order valence-corrected chi connectivity index (χ0v) is 17.2. The standard InChI is InChI=1S/C18H35N3O.HI/c1-3-14-5-7-15(8-6-14)13-20-18(19-4-2)21-16-9-11-17(22)12-10-16;/h14-17,22H,3-13H2,1-2H3,(H2,19,20,21);1H. The van der Waals surface area contributed by atoms with E-state index in [2.05, 4.69) is 24.5 Å². The van der Waals surface area contributed by atoms with Gasteiger partial charge >= 0.3 is 0 Å². The van der Waals surface area contributed by atoms with Gasteiger partial charge in [-0.1, -0.05) is 26.2 Å². The number of nitrogens with one attached hydrogen (secondary N) is 2. The van der Waals surface area contributed by atoms with Crippen molar-refractivity contribution in [2.75, 3.05) is 13.1 Å². The summed E-state index contributed by atoms with van der Waals surface area (Å²) >= 11 is 0. The van der Waals surface area contributed by atoms with Crippen LogP contribution in [-0.4, -0.2) is 36.3 Å². The first-order valence-electron chi connectivity index (χ1n) is 9.44. The van der Waals surface area contributed by atoms with Crippen molar-refractivity contribution >= 4 is 29.9 Å². The Balaban J connectivity index is 0.00000264. The zero-order valence-electron chi connectivity index (χ0n) is 14.9. The Morgan fingerprint density at radius 2 is 1.57 bits per heavy atom. The molecule has 2 rings (SSSR count). The van der Waals surface area contributed by atoms with Gasteiger partial charge in [-0.2, -0.15) is 0 Å². The second kappa shape index (κ2) is 11.5. The maximum absolute atomic E-state index is 9.61. The molecule has 0 heterocycles. The van der Waals surface area contributed by atoms with E-state index in [1.807, 2.05) is 0 Å². The van der Waals surface area contributed by atoms with Gasteiger partial charge in [0.2, 0.25) is 0 Å². The molecule has 0 aromatic rings. The summed E-state index contributed by atoms with van der Waals surface area (Å²) in [6.45, 7) is 6.30. The molecular weight excluding hydrogens is 401 g/mol. The van der Waals surface area contributed by atoms with Gasteiger partial charge in [-0.05, 0) is 57.3 Å². The largest absolute Gasteiger partial charge is 0.393 e. The highest BCUT2D eigenvalue weighted by Gasteiger charge is 2.21. The molecule has 0 spiro atoms. The molecule has 5 heteroatoms. The monoisotopic (exact) mass is 437 g/mol. The van der Waals surface area contributed by atoms with Gasteiger partial charge in [-0.15, -0.1) is 24.0 Å². The van der Waals surface area contributed by atoms with Gasteiger partial charge in [-0.3, -0.25) is 4.99 Å². The lowest BCUT2D eigenvalue weighted by atomic mass is 9.81. The van der Waals surface area contributed by atoms with E-state index in [1.165, 1.54) is 32.1 Å². The molecule has 2 aliphatic carbocycles. The Labute approximate surface area is 159 Å². The van der Waals surface area contributed by atoms with Crippen molar-refractivity contribution in [2.24, 2.45) is 16.8 Å². The molecule has 0 radical (unpaired) electrons. The summed E-state index contributed by atoms with van der Waals surface area (Å²) in [7, 11) is 0. The van der Waals surface area contributed by atoms with Crippen LogP contribution < -0.4 is 10.6 Å². The highest BCUT2D eigenvalue weighted by Crippen LogP contribution is 2.30. The minimum atomic E-state index is -0.0914. The lowest BCUT2D eigenvalue weighted by molar-refractivity contribution is 0.120. The minimum absolute atomic E-state index is 0. The normalized spacial score (nSPS) is 32.0. The smallest absolute Gasteiger partial charge is 0.191 e. The minimum Gasteiger partial charge on any atom is -0.393 e. The second-order valence-corrected chi connectivity index (χ2v) is 7.16. The van der Waals surface area contributed by atoms with Crippen LogP contribution in [0.1, 0.15) is 71.6 Å². The summed E-state index contributed by atoms with van der Waals surface area (Å²) in [5.41, 5.74) is 0. The quantitative estimate of drug-likeness (QED) is 0.350. The third-order valence-corrected chi connectivity index (χ3v) is 5.43. The van der Waals surface area contributed by atoms with Crippen molar-refractivity contribution in [1.82, 2.24) is 10.6 Å². The summed E-state index contributed by atoms with van der Waals surface area (Å²) in [6.07, 6.45) is 10.6. The number of hydrogen-bond donors (Lipinski definition) is 3. The topological polar surface area (TPSA) is 56.7 Å². The molecule has 0 unspecified atom stereocenters. The Bertz CT molecular complexity index is 335. The second-order valence-electron chi connectivity index (χ2n) is 7.16. The molecule has 0 aromatic heterocycles. The molecule has 4 nitrogen and oxygen atoms in total. The molecule has 0 atom stereocenters. The molecular formula is C18H36IN3O. The molecule has 3 N–H and O–H groups in total. The van der Waals surface area contributed by atoms with E-state index in [9.17, 15) is 5.11 Å². The molecule has 0 bridgehead atoms. The molecule has 136 valence electrons. The maximum Gasteiger partial charge on any atom is 0.191 e. The number of rotatable bonds is 5. The molecule has 0 amide bonds. The van der Waals surface area contributed by atoms with Gasteiger partial charge in [0.1, 0.15) is 0 Å². The lowest BCUT2D eigenvalue weighted by Crippen LogP contribution is -2.45. The average Bonchev–Trinajstić information content (AvgIpc) is 2.55. The average molecular weight is 437 g/mol. The van der Waals surface area contributed by atoms with E-state index in [0.717, 1.165) is 56.6 Å². The van der Waals surface area contributed by atoms with Crippen molar-refractivity contribution in [3.63, 3.8) is 0 Å². The number of hydrogen-bond acceptors (Lipinski definition) is 2. The van der Waals surface area contributed by atoms with Crippen molar-refractivity contribution in [2.45, 2.75) is 83.8 Å². The molecule has 23 heavy (non-hydrogen) atoms. The van der Waals surface area contributed by atoms with E-state index in [1.54, 1.807) is 0 Å². The highest BCUT2D eigenvalue weighted by molar-refractivity contribution is 14.0. The first-order valence-corrected chi connectivity index (χ1v) is 9.44. The van der Waals surface area contributed by atoms with Crippen LogP contribution in [-0.2, 0) is 0 Å². The predicted molar refractivity (Wildman–Crippen MR) is 109 cm³/mol. The first kappa shape index (κ1) is 21.0. The molecule has 2 aliphatic rings. The highest BCUT2D eigenvalue weighted by atomic mass is 127. The van der Waals surface area contributed by atoms with E-state index < -0.39 is 0 Å². The van der Waals surface area contributed by atoms with Crippen LogP contribution in [0.4, 0.5) is 0 Å². The zero-order chi connectivity index (χ0) is 15.8. The number of aliphatic imine (C=N–C) groups is 1. The van der Waals surface area contributed by atoms with Crippen LogP contribution >= 0.6 is 24.0 Å². The van der Waals surface area contributed by atoms with Crippen LogP contribution in [0, 0.1) is 11.8 Å². The fraction of sp³-hybridized carbons (Fsp3) is 0.944. The molecule has 2 fully saturated rings. The van der Waals surface area contributed by atoms with Gasteiger partial charge in [0.15, 0.2) is 5.96 Å². The van der Waals surface area contributed by atoms with Crippen LogP contribution in [0.5, 0.6) is 0 Å². The molecule has 0 aliphatic heterocycles. The number of nitrogens with zero attached hydrogens (tertiary/aromatic N) is 1. The third kappa shape index (κ3) is 7.59. The van der Waals surface area contributed by atoms with Gasteiger partial charge in [-0.25, -0.2) is 0 Å².